The zero-order valence-corrected chi connectivity index (χ0v) is 13.1. The number of methoxy groups -OCH3 is 2. The number of carbonyl (C=O) groups is 1. The normalized spacial score (nSPS) is 25.1. The Morgan fingerprint density at radius 3 is 2.45 bits per heavy atom. The molecule has 2 unspecified atom stereocenters. The molecule has 0 saturated carbocycles. The lowest BCUT2D eigenvalue weighted by molar-refractivity contribution is 0.0683. The number of Topliss-reactive ketones (excluding diaryl/α,β-unsaturated/α-hetero) is 1. The van der Waals surface area contributed by atoms with Crippen molar-refractivity contribution in [3.8, 4) is 11.5 Å². The van der Waals surface area contributed by atoms with Crippen LogP contribution in [0.2, 0.25) is 0 Å². The van der Waals surface area contributed by atoms with Crippen LogP contribution in [0.5, 0.6) is 11.5 Å². The summed E-state index contributed by atoms with van der Waals surface area (Å²) in [7, 11) is 3.10. The number of aliphatic hydroxyl groups excluding tert-OH is 1. The lowest BCUT2D eigenvalue weighted by Gasteiger charge is -2.25. The average molecular weight is 305 g/mol. The first kappa shape index (κ1) is 15.3. The fourth-order valence-corrected chi connectivity index (χ4v) is 3.63. The molecule has 1 heterocycles. The number of ether oxygens (including phenoxy) is 2. The van der Waals surface area contributed by atoms with Crippen LogP contribution in [0.1, 0.15) is 41.3 Å². The Balaban J connectivity index is 1.85. The van der Waals surface area contributed by atoms with Gasteiger partial charge in [-0.15, -0.1) is 0 Å². The minimum atomic E-state index is -0.739. The van der Waals surface area contributed by atoms with E-state index < -0.39 is 6.10 Å². The molecule has 0 amide bonds. The van der Waals surface area contributed by atoms with Crippen LogP contribution in [0.15, 0.2) is 12.1 Å². The van der Waals surface area contributed by atoms with Crippen molar-refractivity contribution in [2.75, 3.05) is 27.3 Å². The maximum Gasteiger partial charge on any atom is 0.169 e. The quantitative estimate of drug-likeness (QED) is 0.890. The van der Waals surface area contributed by atoms with Gasteiger partial charge in [0.15, 0.2) is 17.3 Å². The summed E-state index contributed by atoms with van der Waals surface area (Å²) in [6, 6.07) is 3.43. The standard InChI is InChI=1S/C17H23NO4/c1-21-14-8-11-12(9-15(14)22-2)17(20)13(16(11)19)7-10-3-5-18-6-4-10/h8-10,13,16,18-19H,3-7H2,1-2H3. The SMILES string of the molecule is COc1cc2c(cc1OC)C(O)C(CC1CCNCC1)C2=O. The lowest BCUT2D eigenvalue weighted by Crippen LogP contribution is -2.30. The zero-order chi connectivity index (χ0) is 15.7. The monoisotopic (exact) mass is 305 g/mol. The summed E-state index contributed by atoms with van der Waals surface area (Å²) >= 11 is 0. The molecule has 2 aliphatic rings. The number of carbonyl (C=O) groups excluding carboxylic acids is 1. The molecule has 1 aromatic rings. The van der Waals surface area contributed by atoms with Gasteiger partial charge < -0.3 is 19.9 Å². The summed E-state index contributed by atoms with van der Waals surface area (Å²) in [4.78, 5) is 12.7. The van der Waals surface area contributed by atoms with E-state index in [1.54, 1.807) is 26.4 Å². The topological polar surface area (TPSA) is 67.8 Å². The molecule has 5 heteroatoms. The maximum absolute atomic E-state index is 12.7. The van der Waals surface area contributed by atoms with Crippen LogP contribution >= 0.6 is 0 Å². The molecule has 0 aromatic heterocycles. The number of hydrogen-bond acceptors (Lipinski definition) is 5. The first-order valence-electron chi connectivity index (χ1n) is 7.84. The van der Waals surface area contributed by atoms with Crippen molar-refractivity contribution in [3.05, 3.63) is 23.3 Å². The molecule has 1 fully saturated rings. The van der Waals surface area contributed by atoms with Gasteiger partial charge in [-0.1, -0.05) is 0 Å². The summed E-state index contributed by atoms with van der Waals surface area (Å²) < 4.78 is 10.5. The van der Waals surface area contributed by atoms with E-state index in [1.807, 2.05) is 0 Å². The summed E-state index contributed by atoms with van der Waals surface area (Å²) in [5.74, 6) is 1.28. The molecule has 0 bridgehead atoms. The van der Waals surface area contributed by atoms with Gasteiger partial charge in [0.25, 0.3) is 0 Å². The maximum atomic E-state index is 12.7. The molecule has 2 N–H and O–H groups in total. The van der Waals surface area contributed by atoms with Crippen molar-refractivity contribution in [2.45, 2.75) is 25.4 Å². The molecule has 5 nitrogen and oxygen atoms in total. The number of fused-ring (bicyclic) bond motifs is 1. The fourth-order valence-electron chi connectivity index (χ4n) is 3.63. The summed E-state index contributed by atoms with van der Waals surface area (Å²) in [5.41, 5.74) is 1.24. The predicted octanol–water partition coefficient (Wildman–Crippen LogP) is 1.94. The van der Waals surface area contributed by atoms with Crippen molar-refractivity contribution >= 4 is 5.78 Å². The molecule has 2 atom stereocenters. The third-order valence-electron chi connectivity index (χ3n) is 4.90. The largest absolute Gasteiger partial charge is 0.493 e. The number of aliphatic hydroxyl groups is 1. The Bertz CT molecular complexity index is 566. The second kappa shape index (κ2) is 6.26. The van der Waals surface area contributed by atoms with E-state index in [-0.39, 0.29) is 11.7 Å². The van der Waals surface area contributed by atoms with Crippen LogP contribution in [-0.4, -0.2) is 38.2 Å². The molecule has 1 aromatic carbocycles. The lowest BCUT2D eigenvalue weighted by atomic mass is 9.85. The van der Waals surface area contributed by atoms with E-state index in [9.17, 15) is 9.90 Å². The summed E-state index contributed by atoms with van der Waals surface area (Å²) in [6.45, 7) is 1.99. The van der Waals surface area contributed by atoms with Crippen molar-refractivity contribution in [1.82, 2.24) is 5.32 Å². The van der Waals surface area contributed by atoms with E-state index in [4.69, 9.17) is 9.47 Å². The molecule has 0 spiro atoms. The van der Waals surface area contributed by atoms with E-state index >= 15 is 0 Å². The smallest absolute Gasteiger partial charge is 0.169 e. The highest BCUT2D eigenvalue weighted by Gasteiger charge is 2.40. The van der Waals surface area contributed by atoms with E-state index in [0.717, 1.165) is 32.4 Å². The molecule has 3 rings (SSSR count). The molecule has 0 radical (unpaired) electrons. The van der Waals surface area contributed by atoms with Gasteiger partial charge in [-0.05, 0) is 56.0 Å². The van der Waals surface area contributed by atoms with Crippen molar-refractivity contribution in [2.24, 2.45) is 11.8 Å². The van der Waals surface area contributed by atoms with Crippen LogP contribution in [-0.2, 0) is 0 Å². The van der Waals surface area contributed by atoms with Crippen molar-refractivity contribution < 1.29 is 19.4 Å². The van der Waals surface area contributed by atoms with Gasteiger partial charge in [-0.25, -0.2) is 0 Å². The van der Waals surface area contributed by atoms with Gasteiger partial charge >= 0.3 is 0 Å². The molecular weight excluding hydrogens is 282 g/mol. The molecule has 1 aliphatic heterocycles. The van der Waals surface area contributed by atoms with E-state index in [2.05, 4.69) is 5.32 Å². The van der Waals surface area contributed by atoms with Gasteiger partial charge in [0, 0.05) is 5.56 Å². The Kier molecular flexibility index (Phi) is 4.36. The van der Waals surface area contributed by atoms with Crippen LogP contribution in [0.3, 0.4) is 0 Å². The highest BCUT2D eigenvalue weighted by molar-refractivity contribution is 6.03. The number of piperidine rings is 1. The van der Waals surface area contributed by atoms with E-state index in [1.165, 1.54) is 0 Å². The Morgan fingerprint density at radius 1 is 1.18 bits per heavy atom. The van der Waals surface area contributed by atoms with Crippen LogP contribution in [0.4, 0.5) is 0 Å². The predicted molar refractivity (Wildman–Crippen MR) is 82.5 cm³/mol. The van der Waals surface area contributed by atoms with Gasteiger partial charge in [0.1, 0.15) is 0 Å². The van der Waals surface area contributed by atoms with Crippen molar-refractivity contribution in [1.29, 1.82) is 0 Å². The third-order valence-corrected chi connectivity index (χ3v) is 4.90. The van der Waals surface area contributed by atoms with Gasteiger partial charge in [-0.3, -0.25) is 4.79 Å². The molecule has 120 valence electrons. The molecule has 1 saturated heterocycles. The zero-order valence-electron chi connectivity index (χ0n) is 13.1. The van der Waals surface area contributed by atoms with Gasteiger partial charge in [0.05, 0.1) is 26.2 Å². The van der Waals surface area contributed by atoms with Crippen molar-refractivity contribution in [3.63, 3.8) is 0 Å². The third kappa shape index (κ3) is 2.59. The molecular formula is C17H23NO4. The second-order valence-electron chi connectivity index (χ2n) is 6.14. The van der Waals surface area contributed by atoms with Crippen LogP contribution in [0, 0.1) is 11.8 Å². The van der Waals surface area contributed by atoms with Gasteiger partial charge in [-0.2, -0.15) is 0 Å². The Morgan fingerprint density at radius 2 is 1.82 bits per heavy atom. The van der Waals surface area contributed by atoms with Crippen LogP contribution < -0.4 is 14.8 Å². The number of benzene rings is 1. The number of rotatable bonds is 4. The number of ketones is 1. The summed E-state index contributed by atoms with van der Waals surface area (Å²) in [6.07, 6.45) is 2.15. The minimum Gasteiger partial charge on any atom is -0.493 e. The highest BCUT2D eigenvalue weighted by Crippen LogP contribution is 2.44. The Hall–Kier alpha value is -1.59. The molecule has 1 aliphatic carbocycles. The fraction of sp³-hybridized carbons (Fsp3) is 0.588. The van der Waals surface area contributed by atoms with E-state index in [0.29, 0.717) is 28.5 Å². The second-order valence-corrected chi connectivity index (χ2v) is 6.14. The molecule has 22 heavy (non-hydrogen) atoms. The average Bonchev–Trinajstić information content (AvgIpc) is 2.79. The van der Waals surface area contributed by atoms with Gasteiger partial charge in [0.2, 0.25) is 0 Å². The van der Waals surface area contributed by atoms with Crippen LogP contribution in [0.25, 0.3) is 0 Å². The number of hydrogen-bond donors (Lipinski definition) is 2. The first-order valence-corrected chi connectivity index (χ1v) is 7.84. The highest BCUT2D eigenvalue weighted by atomic mass is 16.5. The first-order chi connectivity index (χ1) is 10.7. The minimum absolute atomic E-state index is 0.0296. The Labute approximate surface area is 130 Å². The summed E-state index contributed by atoms with van der Waals surface area (Å²) in [5, 5.41) is 13.9. The number of nitrogens with one attached hydrogen (secondary N) is 1.